The fourth-order valence-corrected chi connectivity index (χ4v) is 1.90. The number of benzene rings is 2. The van der Waals surface area contributed by atoms with E-state index in [-0.39, 0.29) is 13.0 Å². The molecule has 114 valence electrons. The highest BCUT2D eigenvalue weighted by Gasteiger charge is 2.20. The zero-order valence-corrected chi connectivity index (χ0v) is 11.9. The van der Waals surface area contributed by atoms with Gasteiger partial charge in [-0.2, -0.15) is 0 Å². The van der Waals surface area contributed by atoms with Gasteiger partial charge in [0.1, 0.15) is 11.8 Å². The van der Waals surface area contributed by atoms with E-state index in [4.69, 9.17) is 4.74 Å². The van der Waals surface area contributed by atoms with Gasteiger partial charge in [0.2, 0.25) is 0 Å². The molecule has 0 aliphatic heterocycles. The van der Waals surface area contributed by atoms with Crippen LogP contribution in [0.5, 0.6) is 5.75 Å². The molecule has 2 aromatic carbocycles. The molecule has 0 saturated heterocycles. The molecule has 0 spiro atoms. The monoisotopic (exact) mass is 299 g/mol. The molecule has 0 aromatic heterocycles. The van der Waals surface area contributed by atoms with Crippen molar-refractivity contribution in [1.29, 1.82) is 0 Å². The summed E-state index contributed by atoms with van der Waals surface area (Å²) in [5.74, 6) is -0.824. The van der Waals surface area contributed by atoms with Gasteiger partial charge in [0.15, 0.2) is 0 Å². The van der Waals surface area contributed by atoms with E-state index in [0.717, 1.165) is 0 Å². The molecule has 0 radical (unpaired) electrons. The predicted molar refractivity (Wildman–Crippen MR) is 81.9 cm³/mol. The van der Waals surface area contributed by atoms with Crippen molar-refractivity contribution in [2.75, 3.05) is 6.61 Å². The number of carboxylic acid groups (broad SMARTS) is 1. The number of hydrogen-bond donors (Lipinski definition) is 2. The van der Waals surface area contributed by atoms with E-state index in [9.17, 15) is 14.7 Å². The van der Waals surface area contributed by atoms with Crippen LogP contribution in [0.4, 0.5) is 0 Å². The normalized spacial score (nSPS) is 11.5. The smallest absolute Gasteiger partial charge is 0.326 e. The van der Waals surface area contributed by atoms with Crippen molar-refractivity contribution in [2.24, 2.45) is 0 Å². The minimum absolute atomic E-state index is 0.183. The molecule has 2 rings (SSSR count). The second-order valence-corrected chi connectivity index (χ2v) is 4.68. The number of hydrogen-bond acceptors (Lipinski definition) is 3. The summed E-state index contributed by atoms with van der Waals surface area (Å²) in [6.45, 7) is 0.204. The highest BCUT2D eigenvalue weighted by molar-refractivity contribution is 5.96. The van der Waals surface area contributed by atoms with E-state index >= 15 is 0 Å². The number of carbonyl (C=O) groups is 2. The van der Waals surface area contributed by atoms with Crippen molar-refractivity contribution in [2.45, 2.75) is 12.5 Å². The number of rotatable bonds is 7. The first-order chi connectivity index (χ1) is 10.7. The van der Waals surface area contributed by atoms with Gasteiger partial charge in [-0.3, -0.25) is 4.79 Å². The second-order valence-electron chi connectivity index (χ2n) is 4.68. The minimum atomic E-state index is -1.08. The van der Waals surface area contributed by atoms with Crippen LogP contribution in [-0.4, -0.2) is 29.6 Å². The third-order valence-electron chi connectivity index (χ3n) is 3.06. The summed E-state index contributed by atoms with van der Waals surface area (Å²) in [6, 6.07) is 16.6. The summed E-state index contributed by atoms with van der Waals surface area (Å²) < 4.78 is 5.46. The summed E-state index contributed by atoms with van der Waals surface area (Å²) >= 11 is 0. The molecule has 0 aliphatic rings. The Kier molecular flexibility index (Phi) is 5.54. The van der Waals surface area contributed by atoms with Gasteiger partial charge in [0.05, 0.1) is 6.61 Å². The zero-order valence-electron chi connectivity index (χ0n) is 11.9. The van der Waals surface area contributed by atoms with E-state index in [1.54, 1.807) is 42.5 Å². The lowest BCUT2D eigenvalue weighted by molar-refractivity contribution is -0.139. The number of para-hydroxylation sites is 1. The van der Waals surface area contributed by atoms with E-state index in [0.29, 0.717) is 11.3 Å². The van der Waals surface area contributed by atoms with Gasteiger partial charge in [-0.1, -0.05) is 36.4 Å². The molecule has 1 atom stereocenters. The van der Waals surface area contributed by atoms with Gasteiger partial charge >= 0.3 is 5.97 Å². The first kappa shape index (κ1) is 15.6. The SMILES string of the molecule is O=C(NC(CCOc1ccccc1)C(=O)O)c1ccccc1. The number of ether oxygens (including phenoxy) is 1. The number of nitrogens with one attached hydrogen (secondary N) is 1. The highest BCUT2D eigenvalue weighted by Crippen LogP contribution is 2.09. The van der Waals surface area contributed by atoms with Gasteiger partial charge < -0.3 is 15.2 Å². The van der Waals surface area contributed by atoms with Gasteiger partial charge in [-0.15, -0.1) is 0 Å². The Morgan fingerprint density at radius 2 is 1.59 bits per heavy atom. The molecular formula is C17H17NO4. The number of carboxylic acids is 1. The average Bonchev–Trinajstić information content (AvgIpc) is 2.55. The van der Waals surface area contributed by atoms with Crippen molar-refractivity contribution in [3.05, 3.63) is 66.2 Å². The van der Waals surface area contributed by atoms with E-state index in [1.807, 2.05) is 18.2 Å². The molecular weight excluding hydrogens is 282 g/mol. The van der Waals surface area contributed by atoms with Crippen LogP contribution < -0.4 is 10.1 Å². The Labute approximate surface area is 128 Å². The number of carbonyl (C=O) groups excluding carboxylic acids is 1. The first-order valence-electron chi connectivity index (χ1n) is 6.93. The predicted octanol–water partition coefficient (Wildman–Crippen LogP) is 2.34. The molecule has 5 nitrogen and oxygen atoms in total. The lowest BCUT2D eigenvalue weighted by Crippen LogP contribution is -2.41. The summed E-state index contributed by atoms with van der Waals surface area (Å²) in [7, 11) is 0. The van der Waals surface area contributed by atoms with Gasteiger partial charge in [0.25, 0.3) is 5.91 Å². The maximum absolute atomic E-state index is 12.0. The Morgan fingerprint density at radius 3 is 2.18 bits per heavy atom. The largest absolute Gasteiger partial charge is 0.494 e. The minimum Gasteiger partial charge on any atom is -0.494 e. The Bertz CT molecular complexity index is 613. The molecule has 0 bridgehead atoms. The maximum atomic E-state index is 12.0. The van der Waals surface area contributed by atoms with Crippen LogP contribution >= 0.6 is 0 Å². The molecule has 2 aromatic rings. The molecule has 2 N–H and O–H groups in total. The van der Waals surface area contributed by atoms with Crippen molar-refractivity contribution in [1.82, 2.24) is 5.32 Å². The molecule has 1 amide bonds. The van der Waals surface area contributed by atoms with Crippen molar-refractivity contribution < 1.29 is 19.4 Å². The fraction of sp³-hybridized carbons (Fsp3) is 0.176. The van der Waals surface area contributed by atoms with Crippen molar-refractivity contribution >= 4 is 11.9 Å². The summed E-state index contributed by atoms with van der Waals surface area (Å²) in [6.07, 6.45) is 0.183. The molecule has 0 saturated carbocycles. The summed E-state index contributed by atoms with van der Waals surface area (Å²) in [5.41, 5.74) is 0.428. The molecule has 1 unspecified atom stereocenters. The van der Waals surface area contributed by atoms with Crippen LogP contribution in [0.2, 0.25) is 0 Å². The number of aliphatic carboxylic acids is 1. The topological polar surface area (TPSA) is 75.6 Å². The third kappa shape index (κ3) is 4.63. The highest BCUT2D eigenvalue weighted by atomic mass is 16.5. The van der Waals surface area contributed by atoms with E-state index in [2.05, 4.69) is 5.32 Å². The lowest BCUT2D eigenvalue weighted by atomic mass is 10.1. The van der Waals surface area contributed by atoms with Crippen molar-refractivity contribution in [3.63, 3.8) is 0 Å². The molecule has 0 heterocycles. The third-order valence-corrected chi connectivity index (χ3v) is 3.06. The summed E-state index contributed by atoms with van der Waals surface area (Å²) in [4.78, 5) is 23.2. The van der Waals surface area contributed by atoms with Gasteiger partial charge in [-0.25, -0.2) is 4.79 Å². The van der Waals surface area contributed by atoms with Gasteiger partial charge in [-0.05, 0) is 24.3 Å². The Hall–Kier alpha value is -2.82. The zero-order chi connectivity index (χ0) is 15.8. The van der Waals surface area contributed by atoms with Crippen LogP contribution in [0.3, 0.4) is 0 Å². The standard InChI is InChI=1S/C17H17NO4/c19-16(13-7-3-1-4-8-13)18-15(17(20)21)11-12-22-14-9-5-2-6-10-14/h1-10,15H,11-12H2,(H,18,19)(H,20,21). The molecule has 22 heavy (non-hydrogen) atoms. The molecule has 0 fully saturated rings. The van der Waals surface area contributed by atoms with Crippen LogP contribution in [0, 0.1) is 0 Å². The fourth-order valence-electron chi connectivity index (χ4n) is 1.90. The molecule has 5 heteroatoms. The first-order valence-corrected chi connectivity index (χ1v) is 6.93. The van der Waals surface area contributed by atoms with Crippen LogP contribution in [0.1, 0.15) is 16.8 Å². The second kappa shape index (κ2) is 7.83. The lowest BCUT2D eigenvalue weighted by Gasteiger charge is -2.15. The molecule has 0 aliphatic carbocycles. The summed E-state index contributed by atoms with van der Waals surface area (Å²) in [5, 5.41) is 11.7. The Balaban J connectivity index is 1.87. The van der Waals surface area contributed by atoms with Crippen LogP contribution in [0.25, 0.3) is 0 Å². The van der Waals surface area contributed by atoms with Gasteiger partial charge in [0, 0.05) is 12.0 Å². The average molecular weight is 299 g/mol. The van der Waals surface area contributed by atoms with Crippen LogP contribution in [-0.2, 0) is 4.79 Å². The van der Waals surface area contributed by atoms with Crippen LogP contribution in [0.15, 0.2) is 60.7 Å². The van der Waals surface area contributed by atoms with E-state index < -0.39 is 17.9 Å². The Morgan fingerprint density at radius 1 is 1.00 bits per heavy atom. The quantitative estimate of drug-likeness (QED) is 0.823. The maximum Gasteiger partial charge on any atom is 0.326 e. The number of amides is 1. The van der Waals surface area contributed by atoms with Crippen molar-refractivity contribution in [3.8, 4) is 5.75 Å². The van der Waals surface area contributed by atoms with E-state index in [1.165, 1.54) is 0 Å².